The van der Waals surface area contributed by atoms with E-state index in [4.69, 9.17) is 4.74 Å². The van der Waals surface area contributed by atoms with Gasteiger partial charge in [0.25, 0.3) is 0 Å². The van der Waals surface area contributed by atoms with Gasteiger partial charge in [-0.05, 0) is 37.6 Å². The fourth-order valence-corrected chi connectivity index (χ4v) is 2.29. The van der Waals surface area contributed by atoms with Crippen molar-refractivity contribution in [2.24, 2.45) is 7.05 Å². The lowest BCUT2D eigenvalue weighted by atomic mass is 10.1. The standard InChI is InChI=1S/C18H20N2O4/c1-12-16(13(2)20(3)19-12)8-9-17(21)24-11-14-6-5-7-15(10-14)18(22)23-4/h5-10H,11H2,1-4H3. The highest BCUT2D eigenvalue weighted by atomic mass is 16.5. The number of rotatable bonds is 5. The molecule has 6 nitrogen and oxygen atoms in total. The first kappa shape index (κ1) is 17.5. The van der Waals surface area contributed by atoms with E-state index in [1.807, 2.05) is 20.9 Å². The second-order valence-corrected chi connectivity index (χ2v) is 5.34. The summed E-state index contributed by atoms with van der Waals surface area (Å²) in [6.07, 6.45) is 3.08. The minimum absolute atomic E-state index is 0.0824. The first-order chi connectivity index (χ1) is 11.4. The zero-order chi connectivity index (χ0) is 17.7. The Balaban J connectivity index is 1.98. The normalized spacial score (nSPS) is 10.8. The van der Waals surface area contributed by atoms with E-state index in [0.717, 1.165) is 17.0 Å². The van der Waals surface area contributed by atoms with Crippen LogP contribution in [0.3, 0.4) is 0 Å². The summed E-state index contributed by atoms with van der Waals surface area (Å²) >= 11 is 0. The number of hydrogen-bond donors (Lipinski definition) is 0. The Morgan fingerprint density at radius 1 is 1.29 bits per heavy atom. The third kappa shape index (κ3) is 4.10. The van der Waals surface area contributed by atoms with Crippen molar-refractivity contribution < 1.29 is 19.1 Å². The van der Waals surface area contributed by atoms with Crippen LogP contribution >= 0.6 is 0 Å². The quantitative estimate of drug-likeness (QED) is 0.623. The van der Waals surface area contributed by atoms with Crippen LogP contribution in [0.25, 0.3) is 6.08 Å². The molecular formula is C18H20N2O4. The molecule has 0 N–H and O–H groups in total. The molecule has 0 fully saturated rings. The Kier molecular flexibility index (Phi) is 5.52. The van der Waals surface area contributed by atoms with Crippen LogP contribution in [0.2, 0.25) is 0 Å². The fourth-order valence-electron chi connectivity index (χ4n) is 2.29. The number of benzene rings is 1. The molecule has 0 aliphatic heterocycles. The summed E-state index contributed by atoms with van der Waals surface area (Å²) in [5.41, 5.74) is 3.87. The summed E-state index contributed by atoms with van der Waals surface area (Å²) in [5.74, 6) is -0.883. The van der Waals surface area contributed by atoms with E-state index in [2.05, 4.69) is 9.84 Å². The Morgan fingerprint density at radius 2 is 2.04 bits per heavy atom. The molecule has 2 rings (SSSR count). The molecule has 1 aromatic carbocycles. The lowest BCUT2D eigenvalue weighted by Crippen LogP contribution is -2.04. The molecule has 0 unspecified atom stereocenters. The van der Waals surface area contributed by atoms with E-state index >= 15 is 0 Å². The first-order valence-corrected chi connectivity index (χ1v) is 7.44. The lowest BCUT2D eigenvalue weighted by molar-refractivity contribution is -0.138. The molecule has 0 spiro atoms. The van der Waals surface area contributed by atoms with E-state index in [0.29, 0.717) is 11.1 Å². The van der Waals surface area contributed by atoms with Gasteiger partial charge in [0.2, 0.25) is 0 Å². The van der Waals surface area contributed by atoms with Gasteiger partial charge >= 0.3 is 11.9 Å². The van der Waals surface area contributed by atoms with Crippen molar-refractivity contribution in [3.05, 3.63) is 58.4 Å². The highest BCUT2D eigenvalue weighted by molar-refractivity contribution is 5.89. The zero-order valence-corrected chi connectivity index (χ0v) is 14.2. The smallest absolute Gasteiger partial charge is 0.337 e. The molecule has 1 aromatic heterocycles. The molecule has 0 saturated heterocycles. The molecule has 6 heteroatoms. The number of aryl methyl sites for hydroxylation is 2. The second-order valence-electron chi connectivity index (χ2n) is 5.34. The Morgan fingerprint density at radius 3 is 2.67 bits per heavy atom. The van der Waals surface area contributed by atoms with Crippen molar-refractivity contribution in [2.45, 2.75) is 20.5 Å². The summed E-state index contributed by atoms with van der Waals surface area (Å²) in [5, 5.41) is 4.29. The topological polar surface area (TPSA) is 70.4 Å². The first-order valence-electron chi connectivity index (χ1n) is 7.44. The van der Waals surface area contributed by atoms with Crippen molar-refractivity contribution in [3.8, 4) is 0 Å². The Hall–Kier alpha value is -2.89. The van der Waals surface area contributed by atoms with E-state index in [1.54, 1.807) is 35.0 Å². The highest BCUT2D eigenvalue weighted by Gasteiger charge is 2.08. The highest BCUT2D eigenvalue weighted by Crippen LogP contribution is 2.14. The second kappa shape index (κ2) is 7.59. The predicted octanol–water partition coefficient (Wildman–Crippen LogP) is 2.58. The van der Waals surface area contributed by atoms with Crippen LogP contribution in [0, 0.1) is 13.8 Å². The third-order valence-electron chi connectivity index (χ3n) is 3.68. The Bertz CT molecular complexity index is 790. The summed E-state index contributed by atoms with van der Waals surface area (Å²) in [7, 11) is 3.18. The predicted molar refractivity (Wildman–Crippen MR) is 89.3 cm³/mol. The molecule has 0 amide bonds. The molecule has 1 heterocycles. The molecular weight excluding hydrogens is 308 g/mol. The lowest BCUT2D eigenvalue weighted by Gasteiger charge is -2.04. The van der Waals surface area contributed by atoms with Gasteiger partial charge < -0.3 is 9.47 Å². The largest absolute Gasteiger partial charge is 0.465 e. The van der Waals surface area contributed by atoms with Crippen LogP contribution in [0.15, 0.2) is 30.3 Å². The van der Waals surface area contributed by atoms with Crippen molar-refractivity contribution in [3.63, 3.8) is 0 Å². The fraction of sp³-hybridized carbons (Fsp3) is 0.278. The average Bonchev–Trinajstić information content (AvgIpc) is 2.83. The molecule has 0 bridgehead atoms. The number of carbonyl (C=O) groups is 2. The van der Waals surface area contributed by atoms with Gasteiger partial charge in [-0.15, -0.1) is 0 Å². The van der Waals surface area contributed by atoms with Gasteiger partial charge in [-0.1, -0.05) is 12.1 Å². The van der Waals surface area contributed by atoms with Crippen LogP contribution in [0.4, 0.5) is 0 Å². The number of methoxy groups -OCH3 is 1. The minimum Gasteiger partial charge on any atom is -0.465 e. The van der Waals surface area contributed by atoms with Crippen molar-refractivity contribution in [1.82, 2.24) is 9.78 Å². The molecule has 0 atom stereocenters. The number of nitrogens with zero attached hydrogens (tertiary/aromatic N) is 2. The molecule has 0 aliphatic rings. The van der Waals surface area contributed by atoms with Crippen LogP contribution in [0.5, 0.6) is 0 Å². The molecule has 2 aromatic rings. The molecule has 126 valence electrons. The van der Waals surface area contributed by atoms with Gasteiger partial charge in [0.15, 0.2) is 0 Å². The molecule has 0 radical (unpaired) electrons. The van der Waals surface area contributed by atoms with Crippen LogP contribution in [-0.4, -0.2) is 28.8 Å². The van der Waals surface area contributed by atoms with Gasteiger partial charge in [0.05, 0.1) is 18.4 Å². The maximum atomic E-state index is 11.9. The third-order valence-corrected chi connectivity index (χ3v) is 3.68. The van der Waals surface area contributed by atoms with E-state index in [-0.39, 0.29) is 6.61 Å². The molecule has 0 saturated carbocycles. The molecule has 0 aliphatic carbocycles. The van der Waals surface area contributed by atoms with Crippen molar-refractivity contribution in [2.75, 3.05) is 7.11 Å². The monoisotopic (exact) mass is 328 g/mol. The maximum absolute atomic E-state index is 11.9. The molecule has 24 heavy (non-hydrogen) atoms. The van der Waals surface area contributed by atoms with Gasteiger partial charge in [0, 0.05) is 24.4 Å². The van der Waals surface area contributed by atoms with Crippen molar-refractivity contribution in [1.29, 1.82) is 0 Å². The summed E-state index contributed by atoms with van der Waals surface area (Å²) in [4.78, 5) is 23.3. The summed E-state index contributed by atoms with van der Waals surface area (Å²) < 4.78 is 11.6. The summed E-state index contributed by atoms with van der Waals surface area (Å²) in [6, 6.07) is 6.77. The number of aromatic nitrogens is 2. The minimum atomic E-state index is -0.457. The van der Waals surface area contributed by atoms with E-state index in [1.165, 1.54) is 13.2 Å². The van der Waals surface area contributed by atoms with Crippen LogP contribution < -0.4 is 0 Å². The average molecular weight is 328 g/mol. The summed E-state index contributed by atoms with van der Waals surface area (Å²) in [6.45, 7) is 3.90. The Labute approximate surface area is 140 Å². The van der Waals surface area contributed by atoms with Gasteiger partial charge in [0.1, 0.15) is 6.61 Å². The van der Waals surface area contributed by atoms with E-state index in [9.17, 15) is 9.59 Å². The number of hydrogen-bond acceptors (Lipinski definition) is 5. The number of esters is 2. The number of carbonyl (C=O) groups excluding carboxylic acids is 2. The van der Waals surface area contributed by atoms with Gasteiger partial charge in [-0.25, -0.2) is 9.59 Å². The van der Waals surface area contributed by atoms with Crippen molar-refractivity contribution >= 4 is 18.0 Å². The maximum Gasteiger partial charge on any atom is 0.337 e. The zero-order valence-electron chi connectivity index (χ0n) is 14.2. The number of ether oxygens (including phenoxy) is 2. The van der Waals surface area contributed by atoms with Crippen LogP contribution in [-0.2, 0) is 27.9 Å². The van der Waals surface area contributed by atoms with Gasteiger partial charge in [-0.3, -0.25) is 4.68 Å². The van der Waals surface area contributed by atoms with E-state index < -0.39 is 11.9 Å². The van der Waals surface area contributed by atoms with Crippen LogP contribution in [0.1, 0.15) is 32.9 Å². The van der Waals surface area contributed by atoms with Gasteiger partial charge in [-0.2, -0.15) is 5.10 Å². The SMILES string of the molecule is COC(=O)c1cccc(COC(=O)C=Cc2c(C)nn(C)c2C)c1.